The number of thiazole rings is 1. The topological polar surface area (TPSA) is 67.8 Å². The lowest BCUT2D eigenvalue weighted by Gasteiger charge is -2.13. The van der Waals surface area contributed by atoms with E-state index in [0.717, 1.165) is 42.5 Å². The minimum atomic E-state index is 0. The van der Waals surface area contributed by atoms with Gasteiger partial charge in [-0.05, 0) is 25.5 Å². The zero-order valence-corrected chi connectivity index (χ0v) is 21.8. The second-order valence-corrected chi connectivity index (χ2v) is 8.05. The molecule has 0 saturated heterocycles. The highest BCUT2D eigenvalue weighted by atomic mass is 127. The Hall–Kier alpha value is -1.39. The summed E-state index contributed by atoms with van der Waals surface area (Å²) in [4.78, 5) is 9.43. The summed E-state index contributed by atoms with van der Waals surface area (Å²) < 4.78 is 11.0. The molecule has 2 aromatic rings. The Balaban J connectivity index is 0.00000450. The Bertz CT molecular complexity index is 780. The molecule has 2 N–H and O–H groups in total. The molecule has 0 atom stereocenters. The predicted molar refractivity (Wildman–Crippen MR) is 137 cm³/mol. The van der Waals surface area contributed by atoms with Gasteiger partial charge in [-0.1, -0.05) is 26.0 Å². The number of nitrogens with zero attached hydrogens (tertiary/aromatic N) is 2. The summed E-state index contributed by atoms with van der Waals surface area (Å²) in [6.45, 7) is 11.7. The van der Waals surface area contributed by atoms with Crippen LogP contribution in [-0.2, 0) is 17.7 Å². The van der Waals surface area contributed by atoms with Crippen LogP contribution in [0.5, 0.6) is 5.75 Å². The van der Waals surface area contributed by atoms with Gasteiger partial charge in [0.15, 0.2) is 5.96 Å². The fourth-order valence-electron chi connectivity index (χ4n) is 2.68. The monoisotopic (exact) mass is 546 g/mol. The molecule has 0 radical (unpaired) electrons. The molecule has 1 aromatic carbocycles. The number of hydrogen-bond donors (Lipinski definition) is 2. The van der Waals surface area contributed by atoms with Gasteiger partial charge >= 0.3 is 0 Å². The largest absolute Gasteiger partial charge is 0.491 e. The Morgan fingerprint density at radius 3 is 2.70 bits per heavy atom. The van der Waals surface area contributed by atoms with Crippen molar-refractivity contribution in [1.29, 1.82) is 0 Å². The first kappa shape index (κ1) is 26.6. The van der Waals surface area contributed by atoms with Gasteiger partial charge in [-0.2, -0.15) is 0 Å². The van der Waals surface area contributed by atoms with Crippen LogP contribution in [0.2, 0.25) is 0 Å². The molecule has 0 amide bonds. The van der Waals surface area contributed by atoms with Crippen molar-refractivity contribution in [3.05, 3.63) is 45.4 Å². The van der Waals surface area contributed by atoms with Gasteiger partial charge in [0.25, 0.3) is 0 Å². The van der Waals surface area contributed by atoms with Crippen LogP contribution in [0.3, 0.4) is 0 Å². The number of rotatable bonds is 11. The van der Waals surface area contributed by atoms with Gasteiger partial charge in [-0.25, -0.2) is 9.98 Å². The number of aryl methyl sites for hydroxylation is 1. The van der Waals surface area contributed by atoms with Crippen molar-refractivity contribution < 1.29 is 9.47 Å². The number of halogens is 1. The summed E-state index contributed by atoms with van der Waals surface area (Å²) in [5.74, 6) is 2.15. The summed E-state index contributed by atoms with van der Waals surface area (Å²) >= 11 is 1.74. The standard InChI is InChI=1S/C22H34N4O2S.HI/c1-6-23-22(24-10-9-19-15-29-21(26-19)16(2)3)25-14-18-8-7-17(4)13-20(18)28-12-11-27-5;/h7-8,13,15-16H,6,9-12,14H2,1-5H3,(H2,23,24,25);1H. The molecule has 6 nitrogen and oxygen atoms in total. The van der Waals surface area contributed by atoms with Crippen LogP contribution in [0.15, 0.2) is 28.6 Å². The molecule has 0 spiro atoms. The highest BCUT2D eigenvalue weighted by molar-refractivity contribution is 14.0. The molecular formula is C22H35IN4O2S. The third-order valence-corrected chi connectivity index (χ3v) is 5.45. The van der Waals surface area contributed by atoms with Gasteiger partial charge in [0.05, 0.1) is 23.9 Å². The molecule has 0 bridgehead atoms. The van der Waals surface area contributed by atoms with E-state index in [0.29, 0.717) is 25.7 Å². The second kappa shape index (κ2) is 14.6. The molecule has 0 unspecified atom stereocenters. The van der Waals surface area contributed by atoms with Crippen molar-refractivity contribution >= 4 is 41.3 Å². The van der Waals surface area contributed by atoms with Crippen LogP contribution in [0.1, 0.15) is 48.5 Å². The van der Waals surface area contributed by atoms with Gasteiger partial charge in [0.2, 0.25) is 0 Å². The maximum Gasteiger partial charge on any atom is 0.191 e. The third-order valence-electron chi connectivity index (χ3n) is 4.26. The summed E-state index contributed by atoms with van der Waals surface area (Å²) in [6.07, 6.45) is 0.879. The summed E-state index contributed by atoms with van der Waals surface area (Å²) in [6, 6.07) is 6.21. The Kier molecular flexibility index (Phi) is 13.0. The van der Waals surface area contributed by atoms with Crippen molar-refractivity contribution in [2.24, 2.45) is 4.99 Å². The number of aromatic nitrogens is 1. The lowest BCUT2D eigenvalue weighted by Crippen LogP contribution is -2.38. The van der Waals surface area contributed by atoms with E-state index >= 15 is 0 Å². The average molecular weight is 547 g/mol. The van der Waals surface area contributed by atoms with E-state index in [-0.39, 0.29) is 24.0 Å². The minimum Gasteiger partial charge on any atom is -0.491 e. The fourth-order valence-corrected chi connectivity index (χ4v) is 3.55. The highest BCUT2D eigenvalue weighted by Crippen LogP contribution is 2.21. The first-order chi connectivity index (χ1) is 14.0. The SMILES string of the molecule is CCNC(=NCc1ccc(C)cc1OCCOC)NCCc1csc(C(C)C)n1.I. The maximum atomic E-state index is 5.87. The lowest BCUT2D eigenvalue weighted by molar-refractivity contribution is 0.145. The van der Waals surface area contributed by atoms with Crippen molar-refractivity contribution in [3.8, 4) is 5.75 Å². The number of nitrogens with one attached hydrogen (secondary N) is 2. The maximum absolute atomic E-state index is 5.87. The summed E-state index contributed by atoms with van der Waals surface area (Å²) in [5, 5.41) is 10.1. The molecule has 168 valence electrons. The fraction of sp³-hybridized carbons (Fsp3) is 0.545. The molecule has 1 aromatic heterocycles. The van der Waals surface area contributed by atoms with Crippen LogP contribution in [0, 0.1) is 6.92 Å². The summed E-state index contributed by atoms with van der Waals surface area (Å²) in [7, 11) is 1.68. The van der Waals surface area contributed by atoms with Gasteiger partial charge < -0.3 is 20.1 Å². The highest BCUT2D eigenvalue weighted by Gasteiger charge is 2.07. The first-order valence-corrected chi connectivity index (χ1v) is 11.1. The molecule has 2 rings (SSSR count). The van der Waals surface area contributed by atoms with Crippen LogP contribution < -0.4 is 15.4 Å². The van der Waals surface area contributed by atoms with Crippen molar-refractivity contribution in [2.45, 2.75) is 46.6 Å². The second-order valence-electron chi connectivity index (χ2n) is 7.16. The average Bonchev–Trinajstić information content (AvgIpc) is 3.17. The number of benzene rings is 1. The van der Waals surface area contributed by atoms with E-state index in [9.17, 15) is 0 Å². The van der Waals surface area contributed by atoms with E-state index < -0.39 is 0 Å². The number of ether oxygens (including phenoxy) is 2. The quantitative estimate of drug-likeness (QED) is 0.188. The molecule has 0 fully saturated rings. The Labute approximate surface area is 201 Å². The van der Waals surface area contributed by atoms with E-state index in [1.807, 2.05) is 0 Å². The number of guanidine groups is 1. The van der Waals surface area contributed by atoms with Crippen molar-refractivity contribution in [2.75, 3.05) is 33.4 Å². The number of hydrogen-bond acceptors (Lipinski definition) is 5. The van der Waals surface area contributed by atoms with Crippen LogP contribution in [-0.4, -0.2) is 44.4 Å². The number of methoxy groups -OCH3 is 1. The normalized spacial score (nSPS) is 11.3. The zero-order valence-electron chi connectivity index (χ0n) is 18.7. The molecule has 30 heavy (non-hydrogen) atoms. The Morgan fingerprint density at radius 1 is 1.23 bits per heavy atom. The molecular weight excluding hydrogens is 511 g/mol. The van der Waals surface area contributed by atoms with Crippen molar-refractivity contribution in [3.63, 3.8) is 0 Å². The zero-order chi connectivity index (χ0) is 21.1. The Morgan fingerprint density at radius 2 is 2.03 bits per heavy atom. The first-order valence-electron chi connectivity index (χ1n) is 10.2. The van der Waals surface area contributed by atoms with Crippen molar-refractivity contribution in [1.82, 2.24) is 15.6 Å². The van der Waals surface area contributed by atoms with Gasteiger partial charge in [0.1, 0.15) is 12.4 Å². The molecule has 0 aliphatic rings. The van der Waals surface area contributed by atoms with Crippen LogP contribution in [0.25, 0.3) is 0 Å². The molecule has 0 aliphatic heterocycles. The number of aliphatic imine (C=N–C) groups is 1. The van der Waals surface area contributed by atoms with Crippen LogP contribution >= 0.6 is 35.3 Å². The minimum absolute atomic E-state index is 0. The van der Waals surface area contributed by atoms with E-state index in [4.69, 9.17) is 19.5 Å². The predicted octanol–water partition coefficient (Wildman–Crippen LogP) is 4.52. The van der Waals surface area contributed by atoms with Crippen LogP contribution in [0.4, 0.5) is 0 Å². The molecule has 8 heteroatoms. The van der Waals surface area contributed by atoms with Gasteiger partial charge in [-0.3, -0.25) is 0 Å². The van der Waals surface area contributed by atoms with E-state index in [1.54, 1.807) is 18.4 Å². The summed E-state index contributed by atoms with van der Waals surface area (Å²) in [5.41, 5.74) is 3.36. The van der Waals surface area contributed by atoms with E-state index in [1.165, 1.54) is 10.6 Å². The molecule has 0 aliphatic carbocycles. The molecule has 1 heterocycles. The van der Waals surface area contributed by atoms with Gasteiger partial charge in [0, 0.05) is 43.5 Å². The van der Waals surface area contributed by atoms with Gasteiger partial charge in [-0.15, -0.1) is 35.3 Å². The molecule has 0 saturated carbocycles. The third kappa shape index (κ3) is 9.18. The lowest BCUT2D eigenvalue weighted by atomic mass is 10.1. The smallest absolute Gasteiger partial charge is 0.191 e. The van der Waals surface area contributed by atoms with E-state index in [2.05, 4.69) is 61.9 Å².